The Morgan fingerprint density at radius 2 is 2.31 bits per heavy atom. The summed E-state index contributed by atoms with van der Waals surface area (Å²) in [5, 5.41) is 1.92. The van der Waals surface area contributed by atoms with Gasteiger partial charge in [0, 0.05) is 16.6 Å². The molecular weight excluding hydrogens is 184 g/mol. The molecule has 0 spiro atoms. The summed E-state index contributed by atoms with van der Waals surface area (Å²) >= 11 is 5.07. The summed E-state index contributed by atoms with van der Waals surface area (Å²) in [7, 11) is 3.57. The van der Waals surface area contributed by atoms with E-state index in [1.165, 1.54) is 0 Å². The van der Waals surface area contributed by atoms with Gasteiger partial charge in [0.1, 0.15) is 5.75 Å². The second-order valence-corrected chi connectivity index (χ2v) is 3.27. The molecule has 3 nitrogen and oxygen atoms in total. The van der Waals surface area contributed by atoms with Gasteiger partial charge in [-0.15, -0.1) is 0 Å². The maximum Gasteiger partial charge on any atom is 0.227 e. The highest BCUT2D eigenvalue weighted by molar-refractivity contribution is 7.80. The molecular formula is C9H13N2OS+. The second kappa shape index (κ2) is 4.30. The van der Waals surface area contributed by atoms with Crippen molar-refractivity contribution in [3.8, 4) is 5.75 Å². The van der Waals surface area contributed by atoms with E-state index in [-0.39, 0.29) is 0 Å². The molecule has 0 aromatic carbocycles. The highest BCUT2D eigenvalue weighted by Gasteiger charge is 2.07. The molecule has 0 bridgehead atoms. The van der Waals surface area contributed by atoms with Crippen LogP contribution in [-0.2, 0) is 0 Å². The van der Waals surface area contributed by atoms with Crippen LogP contribution in [0.25, 0.3) is 0 Å². The van der Waals surface area contributed by atoms with Crippen molar-refractivity contribution < 1.29 is 10.1 Å². The number of quaternary nitrogens is 1. The third-order valence-electron chi connectivity index (χ3n) is 1.78. The van der Waals surface area contributed by atoms with Crippen molar-refractivity contribution in [3.05, 3.63) is 17.8 Å². The first-order chi connectivity index (χ1) is 6.19. The predicted octanol–water partition coefficient (Wildman–Crippen LogP) is 0.653. The molecule has 1 aromatic rings. The second-order valence-electron chi connectivity index (χ2n) is 2.65. The Morgan fingerprint density at radius 3 is 2.77 bits per heavy atom. The van der Waals surface area contributed by atoms with Crippen LogP contribution >= 0.6 is 12.2 Å². The van der Waals surface area contributed by atoms with Crippen molar-refractivity contribution in [2.24, 2.45) is 0 Å². The van der Waals surface area contributed by atoms with E-state index in [1.807, 2.05) is 25.4 Å². The van der Waals surface area contributed by atoms with Crippen molar-refractivity contribution >= 4 is 22.9 Å². The molecule has 0 radical (unpaired) electrons. The van der Waals surface area contributed by atoms with E-state index in [9.17, 15) is 0 Å². The van der Waals surface area contributed by atoms with Crippen LogP contribution < -0.4 is 10.1 Å². The molecule has 0 atom stereocenters. The Morgan fingerprint density at radius 1 is 1.62 bits per heavy atom. The number of aromatic nitrogens is 1. The number of nitrogens with zero attached hydrogens (tertiary/aromatic N) is 1. The normalized spacial score (nSPS) is 9.77. The molecule has 0 unspecified atom stereocenters. The molecule has 13 heavy (non-hydrogen) atoms. The van der Waals surface area contributed by atoms with Gasteiger partial charge in [0.25, 0.3) is 0 Å². The van der Waals surface area contributed by atoms with Crippen molar-refractivity contribution in [1.82, 2.24) is 4.98 Å². The lowest BCUT2D eigenvalue weighted by Gasteiger charge is -2.06. The van der Waals surface area contributed by atoms with Crippen LogP contribution in [0.3, 0.4) is 0 Å². The van der Waals surface area contributed by atoms with E-state index < -0.39 is 0 Å². The molecule has 70 valence electrons. The summed E-state index contributed by atoms with van der Waals surface area (Å²) in [4.78, 5) is 5.00. The molecule has 0 aliphatic rings. The minimum atomic E-state index is 0.788. The van der Waals surface area contributed by atoms with Crippen LogP contribution in [0.5, 0.6) is 5.75 Å². The molecule has 4 heteroatoms. The Balaban J connectivity index is 3.15. The monoisotopic (exact) mass is 197 g/mol. The average molecular weight is 197 g/mol. The number of thiocarbonyl (C=S) groups is 1. The van der Waals surface area contributed by atoms with Gasteiger partial charge < -0.3 is 4.74 Å². The van der Waals surface area contributed by atoms with Crippen LogP contribution in [0, 0.1) is 0 Å². The fraction of sp³-hybridized carbons (Fsp3) is 0.333. The summed E-state index contributed by atoms with van der Waals surface area (Å²) in [5.41, 5.74) is 0.892. The van der Waals surface area contributed by atoms with Gasteiger partial charge in [-0.05, 0) is 6.92 Å². The Hall–Kier alpha value is -1.00. The van der Waals surface area contributed by atoms with E-state index in [0.29, 0.717) is 0 Å². The smallest absolute Gasteiger partial charge is 0.227 e. The third-order valence-corrected chi connectivity index (χ3v) is 2.00. The number of ether oxygens (including phenoxy) is 1. The summed E-state index contributed by atoms with van der Waals surface area (Å²) in [6.45, 7) is 1.87. The van der Waals surface area contributed by atoms with E-state index in [4.69, 9.17) is 17.0 Å². The van der Waals surface area contributed by atoms with Gasteiger partial charge in [0.15, 0.2) is 0 Å². The quantitative estimate of drug-likeness (QED) is 0.571. The Kier molecular flexibility index (Phi) is 3.33. The summed E-state index contributed by atoms with van der Waals surface area (Å²) in [6.07, 6.45) is 1.75. The number of hydrogen-bond acceptors (Lipinski definition) is 3. The molecule has 0 fully saturated rings. The average Bonchev–Trinajstić information content (AvgIpc) is 2.16. The van der Waals surface area contributed by atoms with Gasteiger partial charge in [-0.2, -0.15) is 0 Å². The molecule has 0 aliphatic carbocycles. The first kappa shape index (κ1) is 10.1. The van der Waals surface area contributed by atoms with Gasteiger partial charge in [-0.25, -0.2) is 4.98 Å². The molecule has 1 aromatic heterocycles. The lowest BCUT2D eigenvalue weighted by molar-refractivity contribution is -0.543. The van der Waals surface area contributed by atoms with Crippen LogP contribution in [0.4, 0.5) is 5.82 Å². The standard InChI is InChI=1S/C9H12N2OS/c1-6(13)7-5-11-9(10-2)4-8(7)12-3/h4-5H,1-3H3,(H,10,11)/p+1. The molecule has 0 amide bonds. The molecule has 0 aliphatic heterocycles. The van der Waals surface area contributed by atoms with Gasteiger partial charge >= 0.3 is 0 Å². The fourth-order valence-electron chi connectivity index (χ4n) is 1.04. The van der Waals surface area contributed by atoms with Crippen molar-refractivity contribution in [2.45, 2.75) is 6.92 Å². The summed E-state index contributed by atoms with van der Waals surface area (Å²) < 4.78 is 5.20. The van der Waals surface area contributed by atoms with E-state index in [1.54, 1.807) is 13.3 Å². The molecule has 1 heterocycles. The van der Waals surface area contributed by atoms with Gasteiger partial charge in [0.05, 0.1) is 20.2 Å². The Bertz CT molecular complexity index is 325. The largest absolute Gasteiger partial charge is 0.496 e. The van der Waals surface area contributed by atoms with Crippen LogP contribution in [0.1, 0.15) is 12.5 Å². The highest BCUT2D eigenvalue weighted by atomic mass is 32.1. The lowest BCUT2D eigenvalue weighted by Crippen LogP contribution is -2.73. The molecule has 2 N–H and O–H groups in total. The Labute approximate surface area is 83.1 Å². The zero-order valence-corrected chi connectivity index (χ0v) is 8.81. The topological polar surface area (TPSA) is 38.7 Å². The van der Waals surface area contributed by atoms with Crippen LogP contribution in [0.15, 0.2) is 12.3 Å². The van der Waals surface area contributed by atoms with Crippen molar-refractivity contribution in [2.75, 3.05) is 14.2 Å². The van der Waals surface area contributed by atoms with Crippen LogP contribution in [0.2, 0.25) is 0 Å². The summed E-state index contributed by atoms with van der Waals surface area (Å²) in [5.74, 6) is 1.69. The number of rotatable bonds is 3. The lowest BCUT2D eigenvalue weighted by atomic mass is 10.2. The zero-order chi connectivity index (χ0) is 9.84. The molecule has 1 rings (SSSR count). The number of pyridine rings is 1. The zero-order valence-electron chi connectivity index (χ0n) is 8.00. The highest BCUT2D eigenvalue weighted by Crippen LogP contribution is 2.19. The number of methoxy groups -OCH3 is 1. The van der Waals surface area contributed by atoms with Crippen LogP contribution in [-0.4, -0.2) is 24.0 Å². The van der Waals surface area contributed by atoms with Gasteiger partial charge in [-0.1, -0.05) is 12.2 Å². The van der Waals surface area contributed by atoms with Crippen molar-refractivity contribution in [1.29, 1.82) is 0 Å². The van der Waals surface area contributed by atoms with Gasteiger partial charge in [0.2, 0.25) is 5.82 Å². The number of hydrogen-bond donors (Lipinski definition) is 1. The maximum atomic E-state index is 5.20. The third kappa shape index (κ3) is 2.23. The first-order valence-corrected chi connectivity index (χ1v) is 4.44. The number of nitrogens with two attached hydrogens (primary N) is 1. The summed E-state index contributed by atoms with van der Waals surface area (Å²) in [6, 6.07) is 1.88. The SMILES string of the molecule is C[NH2+]c1cc(OC)c(C(C)=S)cn1. The van der Waals surface area contributed by atoms with E-state index in [0.717, 1.165) is 22.0 Å². The predicted molar refractivity (Wildman–Crippen MR) is 55.7 cm³/mol. The van der Waals surface area contributed by atoms with E-state index in [2.05, 4.69) is 4.98 Å². The minimum Gasteiger partial charge on any atom is -0.496 e. The maximum absolute atomic E-state index is 5.20. The first-order valence-electron chi connectivity index (χ1n) is 4.03. The van der Waals surface area contributed by atoms with E-state index >= 15 is 0 Å². The molecule has 0 saturated carbocycles. The van der Waals surface area contributed by atoms with Gasteiger partial charge in [-0.3, -0.25) is 5.32 Å². The fourth-order valence-corrected chi connectivity index (χ4v) is 1.20. The van der Waals surface area contributed by atoms with Crippen molar-refractivity contribution in [3.63, 3.8) is 0 Å². The minimum absolute atomic E-state index is 0.788. The molecule has 0 saturated heterocycles.